The summed E-state index contributed by atoms with van der Waals surface area (Å²) in [4.78, 5) is 16.8. The fourth-order valence-corrected chi connectivity index (χ4v) is 4.32. The number of carbonyl (C=O) groups is 1. The van der Waals surface area contributed by atoms with E-state index in [1.807, 2.05) is 6.07 Å². The molecule has 1 fully saturated rings. The Morgan fingerprint density at radius 2 is 1.71 bits per heavy atom. The quantitative estimate of drug-likeness (QED) is 0.796. The first kappa shape index (κ1) is 20.3. The van der Waals surface area contributed by atoms with Crippen LogP contribution in [0.3, 0.4) is 0 Å². The van der Waals surface area contributed by atoms with Gasteiger partial charge in [-0.2, -0.15) is 0 Å². The average Bonchev–Trinajstić information content (AvgIpc) is 2.70. The molecule has 0 saturated carbocycles. The number of likely N-dealkylation sites (N-methyl/N-ethyl adjacent to an activating group) is 1. The van der Waals surface area contributed by atoms with E-state index in [1.165, 1.54) is 23.5 Å². The second-order valence-electron chi connectivity index (χ2n) is 6.96. The molecule has 1 aliphatic rings. The zero-order valence-electron chi connectivity index (χ0n) is 16.2. The van der Waals surface area contributed by atoms with Crippen LogP contribution in [0.15, 0.2) is 59.5 Å². The summed E-state index contributed by atoms with van der Waals surface area (Å²) < 4.78 is 27.1. The van der Waals surface area contributed by atoms with Gasteiger partial charge in [0.2, 0.25) is 5.91 Å². The van der Waals surface area contributed by atoms with E-state index < -0.39 is 10.0 Å². The molecule has 1 heterocycles. The number of amides is 1. The Balaban J connectivity index is 1.68. The highest BCUT2D eigenvalue weighted by atomic mass is 32.2. The molecule has 0 aromatic heterocycles. The maximum atomic E-state index is 12.9. The van der Waals surface area contributed by atoms with E-state index in [0.29, 0.717) is 17.9 Å². The van der Waals surface area contributed by atoms with E-state index in [0.717, 1.165) is 26.2 Å². The fourth-order valence-electron chi connectivity index (χ4n) is 3.08. The molecular formula is C20H26N4O3S. The first-order valence-electron chi connectivity index (χ1n) is 9.21. The van der Waals surface area contributed by atoms with Crippen LogP contribution in [0.2, 0.25) is 0 Å². The second-order valence-corrected chi connectivity index (χ2v) is 8.93. The molecule has 0 atom stereocenters. The third-order valence-electron chi connectivity index (χ3n) is 4.86. The summed E-state index contributed by atoms with van der Waals surface area (Å²) in [6, 6.07) is 15.2. The number of anilines is 2. The van der Waals surface area contributed by atoms with Crippen molar-refractivity contribution in [1.29, 1.82) is 0 Å². The van der Waals surface area contributed by atoms with Crippen LogP contribution in [0, 0.1) is 0 Å². The number of nitrogens with zero attached hydrogens (tertiary/aromatic N) is 3. The predicted molar refractivity (Wildman–Crippen MR) is 111 cm³/mol. The largest absolute Gasteiger partial charge is 0.325 e. The molecule has 150 valence electrons. The fraction of sp³-hybridized carbons (Fsp3) is 0.350. The number of sulfonamides is 1. The molecular weight excluding hydrogens is 376 g/mol. The van der Waals surface area contributed by atoms with Gasteiger partial charge in [0.05, 0.1) is 17.1 Å². The highest BCUT2D eigenvalue weighted by Gasteiger charge is 2.22. The Bertz CT molecular complexity index is 910. The first-order valence-corrected chi connectivity index (χ1v) is 10.6. The molecule has 1 amide bonds. The number of piperazine rings is 1. The molecule has 7 nitrogen and oxygen atoms in total. The minimum atomic E-state index is -3.72. The monoisotopic (exact) mass is 402 g/mol. The summed E-state index contributed by atoms with van der Waals surface area (Å²) in [7, 11) is -0.135. The topological polar surface area (TPSA) is 73.0 Å². The summed E-state index contributed by atoms with van der Waals surface area (Å²) in [6.45, 7) is 3.87. The Kier molecular flexibility index (Phi) is 6.33. The summed E-state index contributed by atoms with van der Waals surface area (Å²) >= 11 is 0. The van der Waals surface area contributed by atoms with Crippen LogP contribution < -0.4 is 9.62 Å². The molecule has 0 spiro atoms. The van der Waals surface area contributed by atoms with Crippen molar-refractivity contribution in [2.45, 2.75) is 4.90 Å². The Morgan fingerprint density at radius 1 is 1.04 bits per heavy atom. The van der Waals surface area contributed by atoms with Gasteiger partial charge in [0.25, 0.3) is 10.0 Å². The number of para-hydroxylation sites is 1. The summed E-state index contributed by atoms with van der Waals surface area (Å²) in [5.41, 5.74) is 1.05. The van der Waals surface area contributed by atoms with Crippen LogP contribution in [0.25, 0.3) is 0 Å². The van der Waals surface area contributed by atoms with E-state index in [1.54, 1.807) is 36.4 Å². The first-order chi connectivity index (χ1) is 13.4. The van der Waals surface area contributed by atoms with Crippen LogP contribution in [-0.4, -0.2) is 70.9 Å². The minimum absolute atomic E-state index is 0.135. The number of carbonyl (C=O) groups excluding carboxylic acids is 1. The molecule has 0 bridgehead atoms. The molecule has 3 rings (SSSR count). The van der Waals surface area contributed by atoms with Crippen molar-refractivity contribution in [1.82, 2.24) is 9.80 Å². The molecule has 1 aliphatic heterocycles. The predicted octanol–water partition coefficient (Wildman–Crippen LogP) is 1.70. The van der Waals surface area contributed by atoms with E-state index in [4.69, 9.17) is 0 Å². The highest BCUT2D eigenvalue weighted by molar-refractivity contribution is 7.92. The maximum absolute atomic E-state index is 12.9. The number of hydrogen-bond donors (Lipinski definition) is 1. The lowest BCUT2D eigenvalue weighted by Crippen LogP contribution is -2.47. The molecule has 28 heavy (non-hydrogen) atoms. The average molecular weight is 403 g/mol. The standard InChI is InChI=1S/C20H26N4O3S/c1-22-11-13-24(14-12-22)16-20(25)21-17-7-6-10-19(15-17)28(26,27)23(2)18-8-4-3-5-9-18/h3-10,15H,11-14,16H2,1-2H3,(H,21,25). The van der Waals surface area contributed by atoms with Gasteiger partial charge in [0.15, 0.2) is 0 Å². The van der Waals surface area contributed by atoms with Gasteiger partial charge >= 0.3 is 0 Å². The van der Waals surface area contributed by atoms with E-state index in [9.17, 15) is 13.2 Å². The van der Waals surface area contributed by atoms with Crippen molar-refractivity contribution >= 4 is 27.3 Å². The zero-order valence-corrected chi connectivity index (χ0v) is 17.0. The van der Waals surface area contributed by atoms with Crippen molar-refractivity contribution in [3.05, 3.63) is 54.6 Å². The van der Waals surface area contributed by atoms with Crippen LogP contribution in [0.4, 0.5) is 11.4 Å². The summed E-state index contributed by atoms with van der Waals surface area (Å²) in [5, 5.41) is 2.81. The third kappa shape index (κ3) is 4.89. The van der Waals surface area contributed by atoms with Gasteiger partial charge in [0.1, 0.15) is 0 Å². The zero-order chi connectivity index (χ0) is 20.1. The number of hydrogen-bond acceptors (Lipinski definition) is 5. The lowest BCUT2D eigenvalue weighted by Gasteiger charge is -2.31. The molecule has 0 aliphatic carbocycles. The summed E-state index contributed by atoms with van der Waals surface area (Å²) in [5.74, 6) is -0.143. The van der Waals surface area contributed by atoms with Crippen molar-refractivity contribution in [3.8, 4) is 0 Å². The lowest BCUT2D eigenvalue weighted by atomic mass is 10.3. The van der Waals surface area contributed by atoms with Crippen molar-refractivity contribution in [2.24, 2.45) is 0 Å². The number of benzene rings is 2. The molecule has 0 radical (unpaired) electrons. The van der Waals surface area contributed by atoms with Crippen molar-refractivity contribution in [2.75, 3.05) is 56.4 Å². The van der Waals surface area contributed by atoms with E-state index in [2.05, 4.69) is 22.2 Å². The summed E-state index contributed by atoms with van der Waals surface area (Å²) in [6.07, 6.45) is 0. The van der Waals surface area contributed by atoms with Gasteiger partial charge < -0.3 is 10.2 Å². The van der Waals surface area contributed by atoms with Crippen LogP contribution in [0.1, 0.15) is 0 Å². The third-order valence-corrected chi connectivity index (χ3v) is 6.64. The van der Waals surface area contributed by atoms with Crippen molar-refractivity contribution < 1.29 is 13.2 Å². The van der Waals surface area contributed by atoms with Gasteiger partial charge in [-0.1, -0.05) is 24.3 Å². The maximum Gasteiger partial charge on any atom is 0.264 e. The van der Waals surface area contributed by atoms with Crippen LogP contribution in [0.5, 0.6) is 0 Å². The Morgan fingerprint density at radius 3 is 2.39 bits per heavy atom. The highest BCUT2D eigenvalue weighted by Crippen LogP contribution is 2.23. The smallest absolute Gasteiger partial charge is 0.264 e. The van der Waals surface area contributed by atoms with Crippen LogP contribution >= 0.6 is 0 Å². The molecule has 1 saturated heterocycles. The van der Waals surface area contributed by atoms with Gasteiger partial charge in [-0.25, -0.2) is 8.42 Å². The molecule has 2 aromatic carbocycles. The van der Waals surface area contributed by atoms with Crippen molar-refractivity contribution in [3.63, 3.8) is 0 Å². The van der Waals surface area contributed by atoms with Crippen LogP contribution in [-0.2, 0) is 14.8 Å². The van der Waals surface area contributed by atoms with Gasteiger partial charge in [-0.05, 0) is 37.4 Å². The van der Waals surface area contributed by atoms with Gasteiger partial charge in [0, 0.05) is 38.9 Å². The normalized spacial score (nSPS) is 15.9. The number of rotatable bonds is 6. The van der Waals surface area contributed by atoms with Gasteiger partial charge in [-0.3, -0.25) is 14.0 Å². The Hall–Kier alpha value is -2.42. The molecule has 0 unspecified atom stereocenters. The SMILES string of the molecule is CN1CCN(CC(=O)Nc2cccc(S(=O)(=O)N(C)c3ccccc3)c2)CC1. The van der Waals surface area contributed by atoms with Gasteiger partial charge in [-0.15, -0.1) is 0 Å². The number of nitrogens with one attached hydrogen (secondary N) is 1. The lowest BCUT2D eigenvalue weighted by molar-refractivity contribution is -0.117. The Labute approximate surface area is 166 Å². The van der Waals surface area contributed by atoms with E-state index in [-0.39, 0.29) is 10.8 Å². The molecule has 8 heteroatoms. The molecule has 2 aromatic rings. The van der Waals surface area contributed by atoms with E-state index >= 15 is 0 Å². The minimum Gasteiger partial charge on any atom is -0.325 e. The second kappa shape index (κ2) is 8.72. The molecule has 1 N–H and O–H groups in total.